The summed E-state index contributed by atoms with van der Waals surface area (Å²) in [6.45, 7) is 0. The molecule has 1 aliphatic rings. The van der Waals surface area contributed by atoms with Crippen LogP contribution in [0.3, 0.4) is 0 Å². The van der Waals surface area contributed by atoms with Crippen LogP contribution in [0.15, 0.2) is 186 Å². The number of hydrogen-bond donors (Lipinski definition) is 0. The number of aromatic nitrogens is 1. The van der Waals surface area contributed by atoms with Gasteiger partial charge in [0, 0.05) is 42.4 Å². The minimum absolute atomic E-state index is 1.17. The fourth-order valence-corrected chi connectivity index (χ4v) is 9.33. The van der Waals surface area contributed by atoms with Crippen molar-refractivity contribution in [1.29, 1.82) is 0 Å². The van der Waals surface area contributed by atoms with Gasteiger partial charge in [-0.1, -0.05) is 157 Å². The molecule has 2 heteroatoms. The third kappa shape index (κ3) is 4.09. The van der Waals surface area contributed by atoms with E-state index in [0.29, 0.717) is 0 Å². The Morgan fingerprint density at radius 1 is 0.340 bits per heavy atom. The summed E-state index contributed by atoms with van der Waals surface area (Å²) in [5.41, 5.74) is 11.2. The van der Waals surface area contributed by atoms with E-state index >= 15 is 0 Å². The second-order valence-corrected chi connectivity index (χ2v) is 14.4. The first-order chi connectivity index (χ1) is 24.8. The van der Waals surface area contributed by atoms with Crippen molar-refractivity contribution in [3.63, 3.8) is 0 Å². The third-order valence-corrected chi connectivity index (χ3v) is 11.7. The van der Waals surface area contributed by atoms with E-state index in [-0.39, 0.29) is 0 Å². The molecular formula is C48H29NS. The van der Waals surface area contributed by atoms with Crippen LogP contribution >= 0.6 is 11.8 Å². The van der Waals surface area contributed by atoms with E-state index in [9.17, 15) is 0 Å². The van der Waals surface area contributed by atoms with Crippen LogP contribution in [0.2, 0.25) is 0 Å². The molecule has 0 unspecified atom stereocenters. The van der Waals surface area contributed by atoms with Gasteiger partial charge < -0.3 is 4.57 Å². The summed E-state index contributed by atoms with van der Waals surface area (Å²) in [6, 6.07) is 65.0. The van der Waals surface area contributed by atoms with Crippen LogP contribution in [0.25, 0.3) is 93.2 Å². The number of hydrogen-bond acceptors (Lipinski definition) is 1. The number of fused-ring (bicyclic) bond motifs is 9. The average molecular weight is 652 g/mol. The van der Waals surface area contributed by atoms with E-state index in [0.717, 1.165) is 0 Å². The Balaban J connectivity index is 0.994. The van der Waals surface area contributed by atoms with Gasteiger partial charge >= 0.3 is 0 Å². The van der Waals surface area contributed by atoms with E-state index in [1.807, 2.05) is 11.8 Å². The Kier molecular flexibility index (Phi) is 5.96. The van der Waals surface area contributed by atoms with Gasteiger partial charge in [0.15, 0.2) is 0 Å². The average Bonchev–Trinajstić information content (AvgIpc) is 3.54. The lowest BCUT2D eigenvalue weighted by Gasteiger charge is -2.21. The quantitative estimate of drug-likeness (QED) is 0.184. The lowest BCUT2D eigenvalue weighted by atomic mass is 9.94. The van der Waals surface area contributed by atoms with E-state index in [1.54, 1.807) is 0 Å². The summed E-state index contributed by atoms with van der Waals surface area (Å²) >= 11 is 1.88. The zero-order valence-electron chi connectivity index (χ0n) is 27.1. The Morgan fingerprint density at radius 3 is 1.54 bits per heavy atom. The van der Waals surface area contributed by atoms with Gasteiger partial charge in [-0.25, -0.2) is 0 Å². The molecule has 9 aromatic carbocycles. The van der Waals surface area contributed by atoms with Crippen molar-refractivity contribution >= 4 is 65.9 Å². The lowest BCUT2D eigenvalue weighted by molar-refractivity contribution is 1.19. The Bertz CT molecular complexity index is 2890. The van der Waals surface area contributed by atoms with E-state index in [2.05, 4.69) is 180 Å². The normalized spacial score (nSPS) is 12.3. The van der Waals surface area contributed by atoms with Crippen molar-refractivity contribution in [3.05, 3.63) is 176 Å². The van der Waals surface area contributed by atoms with E-state index in [1.165, 1.54) is 103 Å². The summed E-state index contributed by atoms with van der Waals surface area (Å²) < 4.78 is 2.48. The first kappa shape index (κ1) is 27.8. The van der Waals surface area contributed by atoms with Crippen LogP contribution < -0.4 is 0 Å². The van der Waals surface area contributed by atoms with Crippen molar-refractivity contribution in [2.75, 3.05) is 0 Å². The summed E-state index contributed by atoms with van der Waals surface area (Å²) in [4.78, 5) is 2.66. The van der Waals surface area contributed by atoms with Crippen molar-refractivity contribution < 1.29 is 0 Å². The SMILES string of the molecule is c1cc2c3c(cccc3c1)-c1cc(-c3ccc(-c4ccc(-n5c6c7ccccc7ccc6c6ccc7ccccc7c65)cc4)cc3)ccc1S2. The maximum atomic E-state index is 2.48. The first-order valence-corrected chi connectivity index (χ1v) is 18.0. The molecule has 0 fully saturated rings. The molecule has 10 aromatic rings. The minimum atomic E-state index is 1.17. The highest BCUT2D eigenvalue weighted by molar-refractivity contribution is 7.99. The number of nitrogens with zero attached hydrogens (tertiary/aromatic N) is 1. The van der Waals surface area contributed by atoms with Crippen LogP contribution in [-0.4, -0.2) is 4.57 Å². The molecule has 1 aromatic heterocycles. The second kappa shape index (κ2) is 10.7. The van der Waals surface area contributed by atoms with Gasteiger partial charge in [0.2, 0.25) is 0 Å². The molecular weight excluding hydrogens is 623 g/mol. The van der Waals surface area contributed by atoms with Gasteiger partial charge in [-0.05, 0) is 79.9 Å². The van der Waals surface area contributed by atoms with Gasteiger partial charge in [-0.3, -0.25) is 0 Å². The summed E-state index contributed by atoms with van der Waals surface area (Å²) in [5, 5.41) is 10.3. The maximum Gasteiger partial charge on any atom is 0.0619 e. The molecule has 0 spiro atoms. The lowest BCUT2D eigenvalue weighted by Crippen LogP contribution is -1.95. The predicted molar refractivity (Wildman–Crippen MR) is 214 cm³/mol. The van der Waals surface area contributed by atoms with Crippen LogP contribution in [-0.2, 0) is 0 Å². The molecule has 2 heterocycles. The topological polar surface area (TPSA) is 4.93 Å². The van der Waals surface area contributed by atoms with Crippen molar-refractivity contribution in [3.8, 4) is 39.1 Å². The second-order valence-electron chi connectivity index (χ2n) is 13.3. The molecule has 0 saturated carbocycles. The van der Waals surface area contributed by atoms with Crippen LogP contribution in [0.4, 0.5) is 0 Å². The molecule has 232 valence electrons. The molecule has 0 N–H and O–H groups in total. The molecule has 0 amide bonds. The molecule has 0 aliphatic carbocycles. The molecule has 0 radical (unpaired) electrons. The summed E-state index contributed by atoms with van der Waals surface area (Å²) in [5.74, 6) is 0. The Labute approximate surface area is 294 Å². The maximum absolute atomic E-state index is 2.48. The van der Waals surface area contributed by atoms with Crippen molar-refractivity contribution in [2.24, 2.45) is 0 Å². The van der Waals surface area contributed by atoms with Gasteiger partial charge in [0.05, 0.1) is 11.0 Å². The third-order valence-electron chi connectivity index (χ3n) is 10.6. The highest BCUT2D eigenvalue weighted by Crippen LogP contribution is 2.49. The summed E-state index contributed by atoms with van der Waals surface area (Å²) in [7, 11) is 0. The van der Waals surface area contributed by atoms with Gasteiger partial charge in [-0.15, -0.1) is 0 Å². The molecule has 50 heavy (non-hydrogen) atoms. The Morgan fingerprint density at radius 2 is 0.880 bits per heavy atom. The highest BCUT2D eigenvalue weighted by atomic mass is 32.2. The first-order valence-electron chi connectivity index (χ1n) is 17.2. The van der Waals surface area contributed by atoms with E-state index < -0.39 is 0 Å². The number of rotatable bonds is 3. The molecule has 11 rings (SSSR count). The smallest absolute Gasteiger partial charge is 0.0619 e. The zero-order chi connectivity index (χ0) is 32.8. The molecule has 0 atom stereocenters. The monoisotopic (exact) mass is 651 g/mol. The number of benzene rings is 9. The predicted octanol–water partition coefficient (Wildman–Crippen LogP) is 13.7. The van der Waals surface area contributed by atoms with Gasteiger partial charge in [-0.2, -0.15) is 0 Å². The van der Waals surface area contributed by atoms with Crippen molar-refractivity contribution in [2.45, 2.75) is 9.79 Å². The molecule has 0 bridgehead atoms. The standard InChI is InChI=1S/C48H29NS/c1-3-11-38-33(7-1)21-26-41-42-27-22-34-8-2-4-12-39(34)48(42)49(47(38)41)37-24-19-31(20-25-37)30-15-17-32(18-16-30)36-23-28-44-43(29-36)40-13-5-9-35-10-6-14-45(50-44)46(35)40/h1-29H. The molecule has 1 nitrogen and oxygen atoms in total. The van der Waals surface area contributed by atoms with Gasteiger partial charge in [0.25, 0.3) is 0 Å². The fourth-order valence-electron chi connectivity index (χ4n) is 8.20. The van der Waals surface area contributed by atoms with Crippen LogP contribution in [0.5, 0.6) is 0 Å². The van der Waals surface area contributed by atoms with E-state index in [4.69, 9.17) is 0 Å². The summed E-state index contributed by atoms with van der Waals surface area (Å²) in [6.07, 6.45) is 0. The van der Waals surface area contributed by atoms with Crippen LogP contribution in [0.1, 0.15) is 0 Å². The van der Waals surface area contributed by atoms with Crippen molar-refractivity contribution in [1.82, 2.24) is 4.57 Å². The zero-order valence-corrected chi connectivity index (χ0v) is 27.9. The Hall–Kier alpha value is -6.09. The molecule has 0 saturated heterocycles. The fraction of sp³-hybridized carbons (Fsp3) is 0. The molecule has 1 aliphatic heterocycles. The van der Waals surface area contributed by atoms with Gasteiger partial charge in [0.1, 0.15) is 0 Å². The largest absolute Gasteiger partial charge is 0.308 e. The minimum Gasteiger partial charge on any atom is -0.308 e. The highest BCUT2D eigenvalue weighted by Gasteiger charge is 2.20. The van der Waals surface area contributed by atoms with Crippen LogP contribution in [0, 0.1) is 0 Å².